The van der Waals surface area contributed by atoms with Crippen LogP contribution in [0.5, 0.6) is 0 Å². The number of fused-ring (bicyclic) bond motifs is 7. The van der Waals surface area contributed by atoms with E-state index in [1.165, 1.54) is 0 Å². The lowest BCUT2D eigenvalue weighted by Gasteiger charge is -2.11. The van der Waals surface area contributed by atoms with Gasteiger partial charge in [-0.2, -0.15) is 0 Å². The van der Waals surface area contributed by atoms with E-state index in [-0.39, 0.29) is 0 Å². The third-order valence-corrected chi connectivity index (χ3v) is 8.30. The molecule has 0 N–H and O–H groups in total. The Bertz CT molecular complexity index is 2470. The molecule has 0 saturated carbocycles. The minimum absolute atomic E-state index is 0.593. The van der Waals surface area contributed by atoms with Gasteiger partial charge >= 0.3 is 0 Å². The largest absolute Gasteiger partial charge is 0.456 e. The molecule has 0 fully saturated rings. The fraction of sp³-hybridized carbons (Fsp3) is 0. The summed E-state index contributed by atoms with van der Waals surface area (Å²) in [4.78, 5) is 19.8. The lowest BCUT2D eigenvalue weighted by atomic mass is 9.96. The van der Waals surface area contributed by atoms with Gasteiger partial charge in [-0.05, 0) is 30.3 Å². The van der Waals surface area contributed by atoms with Crippen LogP contribution in [-0.2, 0) is 0 Å². The van der Waals surface area contributed by atoms with Gasteiger partial charge in [0.2, 0.25) is 0 Å². The normalized spacial score (nSPS) is 11.6. The van der Waals surface area contributed by atoms with Gasteiger partial charge < -0.3 is 4.42 Å². The molecule has 3 aromatic heterocycles. The first kappa shape index (κ1) is 25.3. The number of aromatic nitrogens is 4. The van der Waals surface area contributed by atoms with Crippen LogP contribution < -0.4 is 0 Å². The zero-order valence-electron chi connectivity index (χ0n) is 24.1. The highest BCUT2D eigenvalue weighted by Gasteiger charge is 2.19. The van der Waals surface area contributed by atoms with E-state index in [1.807, 2.05) is 78.9 Å². The predicted molar refractivity (Wildman–Crippen MR) is 182 cm³/mol. The highest BCUT2D eigenvalue weighted by molar-refractivity contribution is 6.28. The number of nitrogens with zero attached hydrogens (tertiary/aromatic N) is 4. The molecule has 210 valence electrons. The van der Waals surface area contributed by atoms with Crippen molar-refractivity contribution >= 4 is 43.6 Å². The number of hydrogen-bond acceptors (Lipinski definition) is 5. The summed E-state index contributed by atoms with van der Waals surface area (Å²) in [5.74, 6) is 1.85. The summed E-state index contributed by atoms with van der Waals surface area (Å²) in [6.07, 6.45) is 0. The van der Waals surface area contributed by atoms with E-state index in [2.05, 4.69) is 66.7 Å². The predicted octanol–water partition coefficient (Wildman–Crippen LogP) is 10.1. The standard InChI is InChI=1S/C40H24N4O/c1-4-12-25(13-5-1)37-31-22-23-33-36(35(31)29-18-10-11-19-32(29)41-37)30-21-20-28(24-34(30)45-33)40-43-38(26-14-6-2-7-15-26)42-39(44-40)27-16-8-3-9-17-27/h1-24H. The Balaban J connectivity index is 1.28. The average Bonchev–Trinajstić information content (AvgIpc) is 3.50. The van der Waals surface area contributed by atoms with Crippen LogP contribution in [0.1, 0.15) is 0 Å². The van der Waals surface area contributed by atoms with Crippen LogP contribution in [0.3, 0.4) is 0 Å². The Morgan fingerprint density at radius 1 is 0.356 bits per heavy atom. The van der Waals surface area contributed by atoms with Crippen molar-refractivity contribution in [1.29, 1.82) is 0 Å². The molecule has 0 aliphatic heterocycles. The van der Waals surface area contributed by atoms with E-state index >= 15 is 0 Å². The fourth-order valence-corrected chi connectivity index (χ4v) is 6.20. The van der Waals surface area contributed by atoms with Gasteiger partial charge in [0.25, 0.3) is 0 Å². The quantitative estimate of drug-likeness (QED) is 0.195. The molecular weight excluding hydrogens is 552 g/mol. The maximum absolute atomic E-state index is 6.56. The molecule has 0 atom stereocenters. The van der Waals surface area contributed by atoms with Gasteiger partial charge in [0.05, 0.1) is 11.2 Å². The second-order valence-corrected chi connectivity index (χ2v) is 11.1. The van der Waals surface area contributed by atoms with Gasteiger partial charge in [0.1, 0.15) is 11.2 Å². The van der Waals surface area contributed by atoms with E-state index < -0.39 is 0 Å². The lowest BCUT2D eigenvalue weighted by molar-refractivity contribution is 0.669. The van der Waals surface area contributed by atoms with Gasteiger partial charge in [-0.3, -0.25) is 0 Å². The summed E-state index contributed by atoms with van der Waals surface area (Å²) < 4.78 is 6.56. The smallest absolute Gasteiger partial charge is 0.164 e. The van der Waals surface area contributed by atoms with Crippen molar-refractivity contribution in [2.45, 2.75) is 0 Å². The Labute approximate surface area is 258 Å². The second-order valence-electron chi connectivity index (χ2n) is 11.1. The zero-order valence-corrected chi connectivity index (χ0v) is 24.1. The fourth-order valence-electron chi connectivity index (χ4n) is 6.20. The monoisotopic (exact) mass is 576 g/mol. The third kappa shape index (κ3) is 4.25. The van der Waals surface area contributed by atoms with E-state index in [9.17, 15) is 0 Å². The molecule has 6 aromatic carbocycles. The number of benzene rings is 6. The molecule has 0 amide bonds. The van der Waals surface area contributed by atoms with Gasteiger partial charge in [-0.15, -0.1) is 0 Å². The third-order valence-electron chi connectivity index (χ3n) is 8.30. The molecule has 0 bridgehead atoms. The van der Waals surface area contributed by atoms with Crippen molar-refractivity contribution in [1.82, 2.24) is 19.9 Å². The van der Waals surface area contributed by atoms with Crippen LogP contribution in [0.2, 0.25) is 0 Å². The lowest BCUT2D eigenvalue weighted by Crippen LogP contribution is -2.00. The second kappa shape index (κ2) is 10.2. The summed E-state index contributed by atoms with van der Waals surface area (Å²) >= 11 is 0. The molecule has 9 rings (SSSR count). The number of rotatable bonds is 4. The first-order valence-electron chi connectivity index (χ1n) is 14.9. The number of pyridine rings is 1. The highest BCUT2D eigenvalue weighted by Crippen LogP contribution is 2.42. The Morgan fingerprint density at radius 3 is 1.58 bits per heavy atom. The molecule has 0 unspecified atom stereocenters. The molecule has 3 heterocycles. The van der Waals surface area contributed by atoms with E-state index in [0.717, 1.165) is 71.6 Å². The Kier molecular flexibility index (Phi) is 5.74. The van der Waals surface area contributed by atoms with Crippen molar-refractivity contribution in [3.63, 3.8) is 0 Å². The average molecular weight is 577 g/mol. The molecule has 45 heavy (non-hydrogen) atoms. The summed E-state index contributed by atoms with van der Waals surface area (Å²) in [5, 5.41) is 5.45. The summed E-state index contributed by atoms with van der Waals surface area (Å²) in [5.41, 5.74) is 7.34. The van der Waals surface area contributed by atoms with E-state index in [4.69, 9.17) is 24.4 Å². The first-order valence-corrected chi connectivity index (χ1v) is 14.9. The van der Waals surface area contributed by atoms with Gasteiger partial charge in [-0.1, -0.05) is 115 Å². The molecule has 0 radical (unpaired) electrons. The maximum atomic E-state index is 6.56. The summed E-state index contributed by atoms with van der Waals surface area (Å²) in [6.45, 7) is 0. The molecule has 0 aliphatic carbocycles. The van der Waals surface area contributed by atoms with Gasteiger partial charge in [-0.25, -0.2) is 19.9 Å². The van der Waals surface area contributed by atoms with Crippen molar-refractivity contribution < 1.29 is 4.42 Å². The van der Waals surface area contributed by atoms with Crippen LogP contribution in [0, 0.1) is 0 Å². The highest BCUT2D eigenvalue weighted by atomic mass is 16.3. The number of hydrogen-bond donors (Lipinski definition) is 0. The van der Waals surface area contributed by atoms with Crippen molar-refractivity contribution in [2.24, 2.45) is 0 Å². The molecule has 5 nitrogen and oxygen atoms in total. The van der Waals surface area contributed by atoms with Crippen molar-refractivity contribution in [3.05, 3.63) is 146 Å². The minimum atomic E-state index is 0.593. The molecule has 5 heteroatoms. The molecule has 0 aliphatic rings. The summed E-state index contributed by atoms with van der Waals surface area (Å²) in [6, 6.07) is 49.2. The SMILES string of the molecule is c1ccc(-c2nc(-c3ccccc3)nc(-c3ccc4c(c3)oc3ccc5c(-c6ccccc6)nc6ccccc6c5c34)n2)cc1. The molecular formula is C40H24N4O. The van der Waals surface area contributed by atoms with Crippen LogP contribution >= 0.6 is 0 Å². The molecule has 0 saturated heterocycles. The number of para-hydroxylation sites is 1. The first-order chi connectivity index (χ1) is 22.3. The molecule has 9 aromatic rings. The van der Waals surface area contributed by atoms with Crippen molar-refractivity contribution in [3.8, 4) is 45.4 Å². The van der Waals surface area contributed by atoms with Crippen molar-refractivity contribution in [2.75, 3.05) is 0 Å². The Morgan fingerprint density at radius 2 is 0.911 bits per heavy atom. The van der Waals surface area contributed by atoms with Crippen LogP contribution in [0.25, 0.3) is 89.0 Å². The van der Waals surface area contributed by atoms with Gasteiger partial charge in [0.15, 0.2) is 17.5 Å². The van der Waals surface area contributed by atoms with E-state index in [0.29, 0.717) is 17.5 Å². The van der Waals surface area contributed by atoms with E-state index in [1.54, 1.807) is 0 Å². The summed E-state index contributed by atoms with van der Waals surface area (Å²) in [7, 11) is 0. The maximum Gasteiger partial charge on any atom is 0.164 e. The minimum Gasteiger partial charge on any atom is -0.456 e. The van der Waals surface area contributed by atoms with Crippen LogP contribution in [-0.4, -0.2) is 19.9 Å². The molecule has 0 spiro atoms. The zero-order chi connectivity index (χ0) is 29.7. The number of furan rings is 1. The van der Waals surface area contributed by atoms with Crippen LogP contribution in [0.4, 0.5) is 0 Å². The van der Waals surface area contributed by atoms with Crippen LogP contribution in [0.15, 0.2) is 150 Å². The van der Waals surface area contributed by atoms with Gasteiger partial charge in [0, 0.05) is 49.2 Å². The topological polar surface area (TPSA) is 64.7 Å². The Hall–Kier alpha value is -6.20.